The lowest BCUT2D eigenvalue weighted by atomic mass is 9.90. The minimum Gasteiger partial charge on any atom is -0.462 e. The zero-order chi connectivity index (χ0) is 11.2. The Balaban J connectivity index is 1.79. The van der Waals surface area contributed by atoms with Crippen LogP contribution in [0.4, 0.5) is 0 Å². The first-order chi connectivity index (χ1) is 7.86. The number of hydrogen-bond donors (Lipinski definition) is 0. The minimum absolute atomic E-state index is 0.251. The fourth-order valence-electron chi connectivity index (χ4n) is 2.11. The van der Waals surface area contributed by atoms with Crippen LogP contribution in [0.2, 0.25) is 0 Å². The molecule has 0 atom stereocenters. The number of esters is 1. The largest absolute Gasteiger partial charge is 0.462 e. The molecule has 0 saturated heterocycles. The smallest absolute Gasteiger partial charge is 0.339 e. The van der Waals surface area contributed by atoms with Gasteiger partial charge in [-0.2, -0.15) is 0 Å². The van der Waals surface area contributed by atoms with Crippen LogP contribution < -0.4 is 0 Å². The average molecular weight is 219 g/mol. The summed E-state index contributed by atoms with van der Waals surface area (Å²) in [6, 6.07) is 3.48. The second-order valence-electron chi connectivity index (χ2n) is 4.34. The maximum absolute atomic E-state index is 11.6. The van der Waals surface area contributed by atoms with Crippen molar-refractivity contribution in [3.8, 4) is 0 Å². The summed E-state index contributed by atoms with van der Waals surface area (Å²) in [7, 11) is 0. The molecule has 0 unspecified atom stereocenters. The summed E-state index contributed by atoms with van der Waals surface area (Å²) >= 11 is 0. The number of aromatic nitrogens is 1. The van der Waals surface area contributed by atoms with Crippen molar-refractivity contribution in [2.24, 2.45) is 5.92 Å². The molecule has 1 aliphatic carbocycles. The zero-order valence-corrected chi connectivity index (χ0v) is 9.39. The zero-order valence-electron chi connectivity index (χ0n) is 9.39. The SMILES string of the molecule is O=C(OCC1CCCCC1)c1cccnc1. The van der Waals surface area contributed by atoms with E-state index in [4.69, 9.17) is 4.74 Å². The number of nitrogens with zero attached hydrogens (tertiary/aromatic N) is 1. The number of rotatable bonds is 3. The Morgan fingerprint density at radius 3 is 2.88 bits per heavy atom. The van der Waals surface area contributed by atoms with Crippen LogP contribution in [0.1, 0.15) is 42.5 Å². The van der Waals surface area contributed by atoms with Gasteiger partial charge in [0.15, 0.2) is 0 Å². The summed E-state index contributed by atoms with van der Waals surface area (Å²) in [5, 5.41) is 0. The molecular formula is C13H17NO2. The summed E-state index contributed by atoms with van der Waals surface area (Å²) in [4.78, 5) is 15.5. The van der Waals surface area contributed by atoms with Crippen molar-refractivity contribution >= 4 is 5.97 Å². The van der Waals surface area contributed by atoms with Gasteiger partial charge in [0.25, 0.3) is 0 Å². The van der Waals surface area contributed by atoms with Gasteiger partial charge in [-0.25, -0.2) is 4.79 Å². The molecular weight excluding hydrogens is 202 g/mol. The molecule has 0 amide bonds. The minimum atomic E-state index is -0.251. The Hall–Kier alpha value is -1.38. The summed E-state index contributed by atoms with van der Waals surface area (Å²) in [6.45, 7) is 0.563. The van der Waals surface area contributed by atoms with Crippen LogP contribution in [-0.2, 0) is 4.74 Å². The first kappa shape index (κ1) is 11.1. The Morgan fingerprint density at radius 2 is 2.19 bits per heavy atom. The first-order valence-electron chi connectivity index (χ1n) is 5.93. The van der Waals surface area contributed by atoms with E-state index in [1.165, 1.54) is 32.1 Å². The van der Waals surface area contributed by atoms with Crippen molar-refractivity contribution in [2.45, 2.75) is 32.1 Å². The molecule has 3 heteroatoms. The van der Waals surface area contributed by atoms with Crippen LogP contribution in [0.5, 0.6) is 0 Å². The van der Waals surface area contributed by atoms with Gasteiger partial charge in [0.1, 0.15) is 0 Å². The Kier molecular flexibility index (Phi) is 3.91. The fraction of sp³-hybridized carbons (Fsp3) is 0.538. The number of carbonyl (C=O) groups is 1. The molecule has 0 aliphatic heterocycles. The summed E-state index contributed by atoms with van der Waals surface area (Å²) in [5.74, 6) is 0.313. The standard InChI is InChI=1S/C13H17NO2/c15-13(12-7-4-8-14-9-12)16-10-11-5-2-1-3-6-11/h4,7-9,11H,1-3,5-6,10H2. The normalized spacial score (nSPS) is 17.0. The number of ether oxygens (including phenoxy) is 1. The Morgan fingerprint density at radius 1 is 1.38 bits per heavy atom. The molecule has 16 heavy (non-hydrogen) atoms. The van der Waals surface area contributed by atoms with Crippen LogP contribution in [0.3, 0.4) is 0 Å². The van der Waals surface area contributed by atoms with Gasteiger partial charge in [0.2, 0.25) is 0 Å². The van der Waals surface area contributed by atoms with Crippen LogP contribution >= 0.6 is 0 Å². The van der Waals surface area contributed by atoms with Gasteiger partial charge < -0.3 is 4.74 Å². The molecule has 1 fully saturated rings. The number of hydrogen-bond acceptors (Lipinski definition) is 3. The lowest BCUT2D eigenvalue weighted by Crippen LogP contribution is -2.16. The lowest BCUT2D eigenvalue weighted by Gasteiger charge is -2.20. The Bertz CT molecular complexity index is 331. The average Bonchev–Trinajstić information content (AvgIpc) is 2.38. The molecule has 0 bridgehead atoms. The highest BCUT2D eigenvalue weighted by atomic mass is 16.5. The van der Waals surface area contributed by atoms with Crippen molar-refractivity contribution < 1.29 is 9.53 Å². The monoisotopic (exact) mass is 219 g/mol. The second kappa shape index (κ2) is 5.64. The van der Waals surface area contributed by atoms with E-state index >= 15 is 0 Å². The maximum atomic E-state index is 11.6. The van der Waals surface area contributed by atoms with Crippen LogP contribution in [0, 0.1) is 5.92 Å². The highest BCUT2D eigenvalue weighted by Gasteiger charge is 2.16. The van der Waals surface area contributed by atoms with E-state index in [0.29, 0.717) is 18.1 Å². The van der Waals surface area contributed by atoms with Gasteiger partial charge >= 0.3 is 5.97 Å². The van der Waals surface area contributed by atoms with Crippen LogP contribution in [0.15, 0.2) is 24.5 Å². The van der Waals surface area contributed by atoms with Gasteiger partial charge in [-0.1, -0.05) is 19.3 Å². The van der Waals surface area contributed by atoms with Crippen LogP contribution in [0.25, 0.3) is 0 Å². The van der Waals surface area contributed by atoms with Crippen molar-refractivity contribution in [2.75, 3.05) is 6.61 Å². The molecule has 3 nitrogen and oxygen atoms in total. The van der Waals surface area contributed by atoms with Crippen molar-refractivity contribution in [3.63, 3.8) is 0 Å². The van der Waals surface area contributed by atoms with E-state index in [-0.39, 0.29) is 5.97 Å². The molecule has 1 aromatic rings. The topological polar surface area (TPSA) is 39.2 Å². The van der Waals surface area contributed by atoms with Crippen molar-refractivity contribution in [1.29, 1.82) is 0 Å². The molecule has 1 heterocycles. The third kappa shape index (κ3) is 3.05. The molecule has 0 N–H and O–H groups in total. The van der Waals surface area contributed by atoms with Gasteiger partial charge in [-0.05, 0) is 30.9 Å². The summed E-state index contributed by atoms with van der Waals surface area (Å²) in [6.07, 6.45) is 9.46. The number of pyridine rings is 1. The third-order valence-electron chi connectivity index (χ3n) is 3.07. The molecule has 2 rings (SSSR count). The van der Waals surface area contributed by atoms with E-state index in [2.05, 4.69) is 4.98 Å². The highest BCUT2D eigenvalue weighted by molar-refractivity contribution is 5.88. The van der Waals surface area contributed by atoms with Crippen LogP contribution in [-0.4, -0.2) is 17.6 Å². The maximum Gasteiger partial charge on any atom is 0.339 e. The lowest BCUT2D eigenvalue weighted by molar-refractivity contribution is 0.0410. The molecule has 1 aliphatic rings. The van der Waals surface area contributed by atoms with Gasteiger partial charge in [0.05, 0.1) is 12.2 Å². The summed E-state index contributed by atoms with van der Waals surface area (Å²) < 4.78 is 5.29. The first-order valence-corrected chi connectivity index (χ1v) is 5.93. The van der Waals surface area contributed by atoms with E-state index < -0.39 is 0 Å². The van der Waals surface area contributed by atoms with Crippen molar-refractivity contribution in [3.05, 3.63) is 30.1 Å². The predicted molar refractivity (Wildman–Crippen MR) is 61.1 cm³/mol. The van der Waals surface area contributed by atoms with E-state index in [0.717, 1.165) is 0 Å². The van der Waals surface area contributed by atoms with Crippen molar-refractivity contribution in [1.82, 2.24) is 4.98 Å². The van der Waals surface area contributed by atoms with E-state index in [1.54, 1.807) is 24.5 Å². The molecule has 1 saturated carbocycles. The molecule has 0 spiro atoms. The molecule has 1 aromatic heterocycles. The van der Waals surface area contributed by atoms with E-state index in [1.807, 2.05) is 0 Å². The number of carbonyl (C=O) groups excluding carboxylic acids is 1. The second-order valence-corrected chi connectivity index (χ2v) is 4.34. The third-order valence-corrected chi connectivity index (χ3v) is 3.07. The van der Waals surface area contributed by atoms with E-state index in [9.17, 15) is 4.79 Å². The van der Waals surface area contributed by atoms with Gasteiger partial charge in [0, 0.05) is 12.4 Å². The molecule has 0 radical (unpaired) electrons. The highest BCUT2D eigenvalue weighted by Crippen LogP contribution is 2.23. The molecule has 0 aromatic carbocycles. The summed E-state index contributed by atoms with van der Waals surface area (Å²) in [5.41, 5.74) is 0.540. The van der Waals surface area contributed by atoms with Gasteiger partial charge in [-0.3, -0.25) is 4.98 Å². The quantitative estimate of drug-likeness (QED) is 0.734. The fourth-order valence-corrected chi connectivity index (χ4v) is 2.11. The van der Waals surface area contributed by atoms with Gasteiger partial charge in [-0.15, -0.1) is 0 Å². The predicted octanol–water partition coefficient (Wildman–Crippen LogP) is 2.82. The Labute approximate surface area is 95.8 Å². The molecule has 86 valence electrons.